The summed E-state index contributed by atoms with van der Waals surface area (Å²) in [5.41, 5.74) is 5.78. The molecule has 4 N–H and O–H groups in total. The maximum atomic E-state index is 10.4. The standard InChI is InChI=1S/C9H12N2O2/c10-9(13)11-8(12)6-7-4-2-1-3-5-7/h1-5,8,12H,6H2,(H3,10,11,13). The van der Waals surface area contributed by atoms with E-state index >= 15 is 0 Å². The Hall–Kier alpha value is -1.55. The van der Waals surface area contributed by atoms with Crippen LogP contribution in [0.4, 0.5) is 4.79 Å². The molecule has 0 bridgehead atoms. The number of nitrogens with one attached hydrogen (secondary N) is 1. The molecule has 70 valence electrons. The zero-order chi connectivity index (χ0) is 9.68. The first-order valence-electron chi connectivity index (χ1n) is 3.96. The third-order valence-corrected chi connectivity index (χ3v) is 1.58. The quantitative estimate of drug-likeness (QED) is 0.582. The summed E-state index contributed by atoms with van der Waals surface area (Å²) in [5.74, 6) is 0. The van der Waals surface area contributed by atoms with Crippen molar-refractivity contribution in [3.05, 3.63) is 35.9 Å². The molecule has 0 saturated heterocycles. The van der Waals surface area contributed by atoms with Crippen molar-refractivity contribution in [2.45, 2.75) is 12.6 Å². The summed E-state index contributed by atoms with van der Waals surface area (Å²) in [6, 6.07) is 8.64. The maximum Gasteiger partial charge on any atom is 0.314 e. The van der Waals surface area contributed by atoms with Crippen LogP contribution in [0.3, 0.4) is 0 Å². The molecule has 4 nitrogen and oxygen atoms in total. The van der Waals surface area contributed by atoms with Crippen LogP contribution in [-0.2, 0) is 6.42 Å². The van der Waals surface area contributed by atoms with Crippen LogP contribution in [0.5, 0.6) is 0 Å². The molecule has 0 spiro atoms. The Bertz CT molecular complexity index is 274. The van der Waals surface area contributed by atoms with Gasteiger partial charge in [0.2, 0.25) is 0 Å². The molecule has 1 rings (SSSR count). The van der Waals surface area contributed by atoms with E-state index in [1.54, 1.807) is 0 Å². The molecule has 0 aliphatic heterocycles. The number of urea groups is 1. The molecular formula is C9H12N2O2. The van der Waals surface area contributed by atoms with Crippen LogP contribution in [0.1, 0.15) is 5.56 Å². The molecule has 1 unspecified atom stereocenters. The van der Waals surface area contributed by atoms with Crippen molar-refractivity contribution in [2.24, 2.45) is 5.73 Å². The van der Waals surface area contributed by atoms with Gasteiger partial charge >= 0.3 is 6.03 Å². The summed E-state index contributed by atoms with van der Waals surface area (Å²) in [6.45, 7) is 0. The van der Waals surface area contributed by atoms with Gasteiger partial charge in [-0.1, -0.05) is 30.3 Å². The second-order valence-corrected chi connectivity index (χ2v) is 2.71. The molecule has 2 amide bonds. The van der Waals surface area contributed by atoms with Crippen LogP contribution in [0.2, 0.25) is 0 Å². The molecule has 0 aliphatic rings. The average Bonchev–Trinajstić information content (AvgIpc) is 2.04. The Labute approximate surface area is 76.4 Å². The lowest BCUT2D eigenvalue weighted by atomic mass is 10.1. The van der Waals surface area contributed by atoms with Crippen LogP contribution in [0.25, 0.3) is 0 Å². The lowest BCUT2D eigenvalue weighted by molar-refractivity contribution is 0.144. The molecule has 13 heavy (non-hydrogen) atoms. The molecule has 1 aromatic rings. The summed E-state index contributed by atoms with van der Waals surface area (Å²) in [7, 11) is 0. The Morgan fingerprint density at radius 3 is 2.62 bits per heavy atom. The maximum absolute atomic E-state index is 10.4. The molecule has 1 atom stereocenters. The van der Waals surface area contributed by atoms with Crippen LogP contribution < -0.4 is 11.1 Å². The van der Waals surface area contributed by atoms with Crippen molar-refractivity contribution in [3.63, 3.8) is 0 Å². The van der Waals surface area contributed by atoms with Gasteiger partial charge in [-0.2, -0.15) is 0 Å². The van der Waals surface area contributed by atoms with Gasteiger partial charge in [-0.05, 0) is 5.56 Å². The molecule has 1 aromatic carbocycles. The van der Waals surface area contributed by atoms with Crippen molar-refractivity contribution >= 4 is 6.03 Å². The number of hydrogen-bond donors (Lipinski definition) is 3. The molecule has 0 fully saturated rings. The zero-order valence-corrected chi connectivity index (χ0v) is 7.10. The van der Waals surface area contributed by atoms with E-state index in [1.165, 1.54) is 0 Å². The predicted molar refractivity (Wildman–Crippen MR) is 48.9 cm³/mol. The van der Waals surface area contributed by atoms with Crippen molar-refractivity contribution in [2.75, 3.05) is 0 Å². The van der Waals surface area contributed by atoms with Gasteiger partial charge in [0.05, 0.1) is 0 Å². The summed E-state index contributed by atoms with van der Waals surface area (Å²) in [5, 5.41) is 11.4. The van der Waals surface area contributed by atoms with Gasteiger partial charge in [0.15, 0.2) is 0 Å². The first-order chi connectivity index (χ1) is 6.18. The molecule has 0 heterocycles. The number of aliphatic hydroxyl groups is 1. The van der Waals surface area contributed by atoms with Crippen molar-refractivity contribution in [1.29, 1.82) is 0 Å². The van der Waals surface area contributed by atoms with Gasteiger partial charge in [0.1, 0.15) is 6.23 Å². The number of amides is 2. The fourth-order valence-corrected chi connectivity index (χ4v) is 1.05. The summed E-state index contributed by atoms with van der Waals surface area (Å²) < 4.78 is 0. The van der Waals surface area contributed by atoms with E-state index in [-0.39, 0.29) is 0 Å². The minimum Gasteiger partial charge on any atom is -0.373 e. The lowest BCUT2D eigenvalue weighted by Crippen LogP contribution is -2.39. The topological polar surface area (TPSA) is 75.4 Å². The molecule has 0 saturated carbocycles. The normalized spacial score (nSPS) is 12.1. The summed E-state index contributed by atoms with van der Waals surface area (Å²) >= 11 is 0. The van der Waals surface area contributed by atoms with Gasteiger partial charge in [0, 0.05) is 6.42 Å². The van der Waals surface area contributed by atoms with E-state index in [1.807, 2.05) is 30.3 Å². The monoisotopic (exact) mass is 180 g/mol. The minimum atomic E-state index is -0.917. The smallest absolute Gasteiger partial charge is 0.314 e. The molecule has 0 radical (unpaired) electrons. The Balaban J connectivity index is 2.45. The third-order valence-electron chi connectivity index (χ3n) is 1.58. The van der Waals surface area contributed by atoms with Crippen molar-refractivity contribution in [1.82, 2.24) is 5.32 Å². The van der Waals surface area contributed by atoms with Crippen molar-refractivity contribution < 1.29 is 9.90 Å². The van der Waals surface area contributed by atoms with Gasteiger partial charge in [0.25, 0.3) is 0 Å². The largest absolute Gasteiger partial charge is 0.373 e. The number of hydrogen-bond acceptors (Lipinski definition) is 2. The van der Waals surface area contributed by atoms with E-state index in [0.29, 0.717) is 6.42 Å². The van der Waals surface area contributed by atoms with Gasteiger partial charge in [-0.3, -0.25) is 0 Å². The van der Waals surface area contributed by atoms with E-state index in [9.17, 15) is 9.90 Å². The third kappa shape index (κ3) is 3.57. The first-order valence-corrected chi connectivity index (χ1v) is 3.96. The molecule has 0 aromatic heterocycles. The highest BCUT2D eigenvalue weighted by Gasteiger charge is 2.05. The van der Waals surface area contributed by atoms with E-state index in [4.69, 9.17) is 5.73 Å². The van der Waals surface area contributed by atoms with Gasteiger partial charge in [-0.25, -0.2) is 4.79 Å². The highest BCUT2D eigenvalue weighted by molar-refractivity contribution is 5.71. The Morgan fingerprint density at radius 1 is 1.46 bits per heavy atom. The molecule has 0 aliphatic carbocycles. The Morgan fingerprint density at radius 2 is 2.08 bits per heavy atom. The molecule has 4 heteroatoms. The van der Waals surface area contributed by atoms with E-state index in [0.717, 1.165) is 5.56 Å². The second kappa shape index (κ2) is 4.47. The second-order valence-electron chi connectivity index (χ2n) is 2.71. The first kappa shape index (κ1) is 9.54. The number of rotatable bonds is 3. The van der Waals surface area contributed by atoms with Crippen LogP contribution >= 0.6 is 0 Å². The number of carbonyl (C=O) groups excluding carboxylic acids is 1. The highest BCUT2D eigenvalue weighted by atomic mass is 16.3. The average molecular weight is 180 g/mol. The fraction of sp³-hybridized carbons (Fsp3) is 0.222. The van der Waals surface area contributed by atoms with Crippen LogP contribution in [-0.4, -0.2) is 17.4 Å². The summed E-state index contributed by atoms with van der Waals surface area (Å²) in [4.78, 5) is 10.4. The van der Waals surface area contributed by atoms with E-state index < -0.39 is 12.3 Å². The van der Waals surface area contributed by atoms with Gasteiger partial charge < -0.3 is 16.2 Å². The Kier molecular flexibility index (Phi) is 3.28. The number of benzene rings is 1. The van der Waals surface area contributed by atoms with Crippen LogP contribution in [0, 0.1) is 0 Å². The minimum absolute atomic E-state index is 0.365. The fourth-order valence-electron chi connectivity index (χ4n) is 1.05. The lowest BCUT2D eigenvalue weighted by Gasteiger charge is -2.10. The number of primary amides is 1. The van der Waals surface area contributed by atoms with Crippen molar-refractivity contribution in [3.8, 4) is 0 Å². The zero-order valence-electron chi connectivity index (χ0n) is 7.10. The molecular weight excluding hydrogens is 168 g/mol. The van der Waals surface area contributed by atoms with E-state index in [2.05, 4.69) is 5.32 Å². The number of carbonyl (C=O) groups is 1. The van der Waals surface area contributed by atoms with Gasteiger partial charge in [-0.15, -0.1) is 0 Å². The number of aliphatic hydroxyl groups excluding tert-OH is 1. The predicted octanol–water partition coefficient (Wildman–Crippen LogP) is 0.216. The van der Waals surface area contributed by atoms with Crippen LogP contribution in [0.15, 0.2) is 30.3 Å². The SMILES string of the molecule is NC(=O)NC(O)Cc1ccccc1. The summed E-state index contributed by atoms with van der Waals surface area (Å²) in [6.07, 6.45) is -0.552. The number of nitrogens with two attached hydrogens (primary N) is 1. The highest BCUT2D eigenvalue weighted by Crippen LogP contribution is 2.00.